The van der Waals surface area contributed by atoms with E-state index in [0.717, 1.165) is 38.4 Å². The van der Waals surface area contributed by atoms with E-state index in [2.05, 4.69) is 34.1 Å². The molecule has 1 aliphatic heterocycles. The molecule has 0 saturated carbocycles. The lowest BCUT2D eigenvalue weighted by Gasteiger charge is -2.27. The molecule has 2 heterocycles. The highest BCUT2D eigenvalue weighted by Gasteiger charge is 2.14. The van der Waals surface area contributed by atoms with Crippen molar-refractivity contribution in [3.05, 3.63) is 30.0 Å². The summed E-state index contributed by atoms with van der Waals surface area (Å²) in [4.78, 5) is 2.48. The van der Waals surface area contributed by atoms with Gasteiger partial charge in [0.1, 0.15) is 0 Å². The molecule has 3 rings (SSSR count). The normalized spacial score (nSPS) is 17.4. The van der Waals surface area contributed by atoms with Gasteiger partial charge in [0, 0.05) is 57.0 Å². The van der Waals surface area contributed by atoms with Crippen LogP contribution in [0.1, 0.15) is 5.56 Å². The van der Waals surface area contributed by atoms with Gasteiger partial charge < -0.3 is 15.6 Å². The number of anilines is 1. The Bertz CT molecular complexity index is 552. The number of aromatic nitrogens is 1. The molecule has 0 amide bonds. The maximum atomic E-state index is 6.13. The highest BCUT2D eigenvalue weighted by Crippen LogP contribution is 2.27. The van der Waals surface area contributed by atoms with Gasteiger partial charge in [-0.05, 0) is 17.7 Å². The summed E-state index contributed by atoms with van der Waals surface area (Å²) in [6.07, 6.45) is 2.21. The maximum Gasteiger partial charge on any atom is 0.0501 e. The van der Waals surface area contributed by atoms with E-state index in [4.69, 9.17) is 5.73 Å². The Balaban J connectivity index is 1.96. The van der Waals surface area contributed by atoms with Gasteiger partial charge in [0.25, 0.3) is 0 Å². The summed E-state index contributed by atoms with van der Waals surface area (Å²) in [7, 11) is 2.09. The standard InChI is InChI=1S/C14H20N4/c1-17-9-11(10-18-7-5-16-6-8-18)14-12(15)3-2-4-13(14)17/h2-4,9,16H,5-8,10,15H2,1H3. The fraction of sp³-hybridized carbons (Fsp3) is 0.429. The Hall–Kier alpha value is -1.52. The first-order valence-electron chi connectivity index (χ1n) is 6.51. The van der Waals surface area contributed by atoms with Gasteiger partial charge in [0.15, 0.2) is 0 Å². The lowest BCUT2D eigenvalue weighted by molar-refractivity contribution is 0.234. The summed E-state index contributed by atoms with van der Waals surface area (Å²) in [6.45, 7) is 5.39. The first kappa shape index (κ1) is 11.6. The molecule has 0 unspecified atom stereocenters. The second-order valence-electron chi connectivity index (χ2n) is 5.03. The van der Waals surface area contributed by atoms with Gasteiger partial charge in [-0.3, -0.25) is 4.90 Å². The van der Waals surface area contributed by atoms with Crippen molar-refractivity contribution < 1.29 is 0 Å². The number of aryl methyl sites for hydroxylation is 1. The number of nitrogens with two attached hydrogens (primary N) is 1. The van der Waals surface area contributed by atoms with Gasteiger partial charge >= 0.3 is 0 Å². The van der Waals surface area contributed by atoms with Crippen LogP contribution in [0.15, 0.2) is 24.4 Å². The van der Waals surface area contributed by atoms with Crippen LogP contribution in [0.5, 0.6) is 0 Å². The quantitative estimate of drug-likeness (QED) is 0.779. The van der Waals surface area contributed by atoms with Crippen molar-refractivity contribution in [3.63, 3.8) is 0 Å². The number of nitrogen functional groups attached to an aromatic ring is 1. The summed E-state index contributed by atoms with van der Waals surface area (Å²) < 4.78 is 2.17. The van der Waals surface area contributed by atoms with Crippen LogP contribution in [0.4, 0.5) is 5.69 Å². The lowest BCUT2D eigenvalue weighted by atomic mass is 10.1. The van der Waals surface area contributed by atoms with Crippen molar-refractivity contribution in [1.82, 2.24) is 14.8 Å². The third kappa shape index (κ3) is 1.98. The SMILES string of the molecule is Cn1cc(CN2CCNCC2)c2c(N)cccc21. The molecule has 1 saturated heterocycles. The molecule has 18 heavy (non-hydrogen) atoms. The molecule has 4 nitrogen and oxygen atoms in total. The van der Waals surface area contributed by atoms with E-state index in [0.29, 0.717) is 0 Å². The van der Waals surface area contributed by atoms with E-state index in [9.17, 15) is 0 Å². The first-order chi connectivity index (χ1) is 8.75. The van der Waals surface area contributed by atoms with Gasteiger partial charge in [-0.2, -0.15) is 0 Å². The van der Waals surface area contributed by atoms with Crippen LogP contribution >= 0.6 is 0 Å². The minimum atomic E-state index is 0.887. The molecular weight excluding hydrogens is 224 g/mol. The fourth-order valence-corrected chi connectivity index (χ4v) is 2.80. The Morgan fingerprint density at radius 2 is 2.06 bits per heavy atom. The van der Waals surface area contributed by atoms with E-state index in [1.807, 2.05) is 12.1 Å². The summed E-state index contributed by atoms with van der Waals surface area (Å²) in [5.74, 6) is 0. The average molecular weight is 244 g/mol. The Labute approximate surface area is 107 Å². The van der Waals surface area contributed by atoms with Crippen molar-refractivity contribution in [2.75, 3.05) is 31.9 Å². The van der Waals surface area contributed by atoms with Gasteiger partial charge in [-0.1, -0.05) is 6.07 Å². The van der Waals surface area contributed by atoms with Gasteiger partial charge in [0.2, 0.25) is 0 Å². The monoisotopic (exact) mass is 244 g/mol. The van der Waals surface area contributed by atoms with Crippen LogP contribution in [0.2, 0.25) is 0 Å². The Morgan fingerprint density at radius 3 is 2.83 bits per heavy atom. The molecule has 1 aromatic carbocycles. The number of hydrogen-bond acceptors (Lipinski definition) is 3. The Morgan fingerprint density at radius 1 is 1.28 bits per heavy atom. The topological polar surface area (TPSA) is 46.2 Å². The fourth-order valence-electron chi connectivity index (χ4n) is 2.80. The molecule has 1 fully saturated rings. The van der Waals surface area contributed by atoms with Crippen LogP contribution in [0, 0.1) is 0 Å². The number of benzene rings is 1. The summed E-state index contributed by atoms with van der Waals surface area (Å²) in [6, 6.07) is 6.14. The van der Waals surface area contributed by atoms with E-state index < -0.39 is 0 Å². The zero-order chi connectivity index (χ0) is 12.5. The smallest absolute Gasteiger partial charge is 0.0501 e. The van der Waals surface area contributed by atoms with Crippen molar-refractivity contribution in [3.8, 4) is 0 Å². The maximum absolute atomic E-state index is 6.13. The van der Waals surface area contributed by atoms with Crippen molar-refractivity contribution in [2.24, 2.45) is 7.05 Å². The van der Waals surface area contributed by atoms with Gasteiger partial charge in [0.05, 0.1) is 5.52 Å². The van der Waals surface area contributed by atoms with E-state index >= 15 is 0 Å². The van der Waals surface area contributed by atoms with Crippen LogP contribution in [-0.2, 0) is 13.6 Å². The van der Waals surface area contributed by atoms with Gasteiger partial charge in [-0.25, -0.2) is 0 Å². The number of piperazine rings is 1. The molecule has 96 valence electrons. The van der Waals surface area contributed by atoms with E-state index in [1.54, 1.807) is 0 Å². The predicted octanol–water partition coefficient (Wildman–Crippen LogP) is 1.17. The third-order valence-corrected chi connectivity index (χ3v) is 3.73. The molecule has 0 atom stereocenters. The molecule has 1 aliphatic rings. The Kier molecular flexibility index (Phi) is 2.97. The van der Waals surface area contributed by atoms with Crippen LogP contribution in [-0.4, -0.2) is 35.6 Å². The van der Waals surface area contributed by atoms with E-state index in [1.165, 1.54) is 16.5 Å². The number of rotatable bonds is 2. The van der Waals surface area contributed by atoms with Crippen molar-refractivity contribution >= 4 is 16.6 Å². The third-order valence-electron chi connectivity index (χ3n) is 3.73. The first-order valence-corrected chi connectivity index (χ1v) is 6.51. The van der Waals surface area contributed by atoms with E-state index in [-0.39, 0.29) is 0 Å². The molecular formula is C14H20N4. The number of fused-ring (bicyclic) bond motifs is 1. The molecule has 0 spiro atoms. The second kappa shape index (κ2) is 4.63. The van der Waals surface area contributed by atoms with Crippen LogP contribution in [0.3, 0.4) is 0 Å². The zero-order valence-corrected chi connectivity index (χ0v) is 10.8. The van der Waals surface area contributed by atoms with Crippen LogP contribution in [0.25, 0.3) is 10.9 Å². The minimum absolute atomic E-state index is 0.887. The van der Waals surface area contributed by atoms with Gasteiger partial charge in [-0.15, -0.1) is 0 Å². The lowest BCUT2D eigenvalue weighted by Crippen LogP contribution is -2.42. The predicted molar refractivity (Wildman–Crippen MR) is 75.5 cm³/mol. The summed E-state index contributed by atoms with van der Waals surface area (Å²) >= 11 is 0. The molecule has 0 bridgehead atoms. The van der Waals surface area contributed by atoms with Crippen LogP contribution < -0.4 is 11.1 Å². The average Bonchev–Trinajstić information content (AvgIpc) is 2.69. The molecule has 1 aromatic heterocycles. The summed E-state index contributed by atoms with van der Waals surface area (Å²) in [5.41, 5.74) is 9.58. The minimum Gasteiger partial charge on any atom is -0.398 e. The van der Waals surface area contributed by atoms with Crippen molar-refractivity contribution in [1.29, 1.82) is 0 Å². The van der Waals surface area contributed by atoms with Crippen molar-refractivity contribution in [2.45, 2.75) is 6.54 Å². The summed E-state index contributed by atoms with van der Waals surface area (Å²) in [5, 5.41) is 4.60. The second-order valence-corrected chi connectivity index (χ2v) is 5.03. The highest BCUT2D eigenvalue weighted by molar-refractivity contribution is 5.94. The zero-order valence-electron chi connectivity index (χ0n) is 10.8. The molecule has 0 aliphatic carbocycles. The molecule has 0 radical (unpaired) electrons. The molecule has 4 heteroatoms. The molecule has 2 aromatic rings. The number of nitrogens with zero attached hydrogens (tertiary/aromatic N) is 2. The molecule has 3 N–H and O–H groups in total. The number of nitrogens with one attached hydrogen (secondary N) is 1. The number of hydrogen-bond donors (Lipinski definition) is 2. The highest BCUT2D eigenvalue weighted by atomic mass is 15.2. The largest absolute Gasteiger partial charge is 0.398 e.